The molecule has 2 unspecified atom stereocenters. The number of nitrogens with one attached hydrogen (secondary N) is 1. The highest BCUT2D eigenvalue weighted by atomic mass is 32.2. The summed E-state index contributed by atoms with van der Waals surface area (Å²) in [5.74, 6) is 3.24. The van der Waals surface area contributed by atoms with Crippen molar-refractivity contribution in [2.75, 3.05) is 38.4 Å². The van der Waals surface area contributed by atoms with Gasteiger partial charge in [0.15, 0.2) is 0 Å². The lowest BCUT2D eigenvalue weighted by Gasteiger charge is -2.45. The zero-order chi connectivity index (χ0) is 13.6. The van der Waals surface area contributed by atoms with Crippen LogP contribution >= 0.6 is 11.8 Å². The van der Waals surface area contributed by atoms with Gasteiger partial charge < -0.3 is 14.8 Å². The largest absolute Gasteiger partial charge is 0.380 e. The fraction of sp³-hybridized carbons (Fsp3) is 1.00. The Balaban J connectivity index is 1.87. The first kappa shape index (κ1) is 15.6. The minimum Gasteiger partial charge on any atom is -0.380 e. The van der Waals surface area contributed by atoms with Gasteiger partial charge in [0.2, 0.25) is 0 Å². The van der Waals surface area contributed by atoms with E-state index in [1.807, 2.05) is 0 Å². The Bertz CT molecular complexity index is 251. The van der Waals surface area contributed by atoms with Crippen LogP contribution in [0.15, 0.2) is 0 Å². The molecule has 2 aliphatic rings. The third kappa shape index (κ3) is 4.35. The summed E-state index contributed by atoms with van der Waals surface area (Å²) in [6.45, 7) is 4.82. The second kappa shape index (κ2) is 7.87. The first-order valence-corrected chi connectivity index (χ1v) is 8.92. The number of likely N-dealkylation sites (N-methyl/N-ethyl adjacent to an activating group) is 1. The molecule has 19 heavy (non-hydrogen) atoms. The monoisotopic (exact) mass is 287 g/mol. The van der Waals surface area contributed by atoms with Crippen molar-refractivity contribution in [1.29, 1.82) is 0 Å². The number of thioether (sulfide) groups is 1. The van der Waals surface area contributed by atoms with Crippen LogP contribution in [0.5, 0.6) is 0 Å². The molecule has 0 bridgehead atoms. The van der Waals surface area contributed by atoms with E-state index in [0.717, 1.165) is 26.2 Å². The van der Waals surface area contributed by atoms with Crippen molar-refractivity contribution in [3.63, 3.8) is 0 Å². The summed E-state index contributed by atoms with van der Waals surface area (Å²) in [5.41, 5.74) is 0.189. The van der Waals surface area contributed by atoms with Crippen LogP contribution in [-0.4, -0.2) is 50.0 Å². The summed E-state index contributed by atoms with van der Waals surface area (Å²) in [6, 6.07) is 0.488. The average molecular weight is 287 g/mol. The molecule has 2 atom stereocenters. The minimum absolute atomic E-state index is 0.189. The molecule has 2 rings (SSSR count). The van der Waals surface area contributed by atoms with Gasteiger partial charge >= 0.3 is 0 Å². The molecule has 0 aromatic carbocycles. The number of ether oxygens (including phenoxy) is 2. The van der Waals surface area contributed by atoms with Crippen molar-refractivity contribution in [3.05, 3.63) is 0 Å². The smallest absolute Gasteiger partial charge is 0.0701 e. The van der Waals surface area contributed by atoms with Gasteiger partial charge in [-0.1, -0.05) is 6.92 Å². The maximum absolute atomic E-state index is 6.18. The summed E-state index contributed by atoms with van der Waals surface area (Å²) in [5, 5.41) is 3.47. The summed E-state index contributed by atoms with van der Waals surface area (Å²) in [7, 11) is 2.07. The maximum atomic E-state index is 6.18. The number of hydrogen-bond donors (Lipinski definition) is 1. The van der Waals surface area contributed by atoms with E-state index in [9.17, 15) is 0 Å². The molecular weight excluding hydrogens is 258 g/mol. The van der Waals surface area contributed by atoms with E-state index in [0.29, 0.717) is 12.0 Å². The van der Waals surface area contributed by atoms with E-state index in [2.05, 4.69) is 31.1 Å². The summed E-state index contributed by atoms with van der Waals surface area (Å²) < 4.78 is 11.9. The van der Waals surface area contributed by atoms with E-state index in [-0.39, 0.29) is 5.60 Å². The molecule has 112 valence electrons. The molecule has 2 saturated heterocycles. The Labute approximate surface area is 122 Å². The molecule has 2 fully saturated rings. The Hall–Kier alpha value is 0.230. The predicted octanol–water partition coefficient (Wildman–Crippen LogP) is 2.69. The van der Waals surface area contributed by atoms with Gasteiger partial charge in [-0.25, -0.2) is 0 Å². The maximum Gasteiger partial charge on any atom is 0.0701 e. The Kier molecular flexibility index (Phi) is 6.46. The number of hydrogen-bond acceptors (Lipinski definition) is 4. The average Bonchev–Trinajstić information content (AvgIpc) is 2.44. The van der Waals surface area contributed by atoms with E-state index in [1.54, 1.807) is 0 Å². The van der Waals surface area contributed by atoms with Gasteiger partial charge in [0, 0.05) is 19.3 Å². The Morgan fingerprint density at radius 2 is 2.21 bits per heavy atom. The van der Waals surface area contributed by atoms with Crippen molar-refractivity contribution in [1.82, 2.24) is 5.32 Å². The molecule has 1 N–H and O–H groups in total. The van der Waals surface area contributed by atoms with Crippen LogP contribution in [0.2, 0.25) is 0 Å². The Morgan fingerprint density at radius 3 is 2.89 bits per heavy atom. The van der Waals surface area contributed by atoms with E-state index < -0.39 is 0 Å². The SMILES string of the molecule is CCCOCC(NC)C1CCOC2(CCSCC2)C1. The minimum atomic E-state index is 0.189. The summed E-state index contributed by atoms with van der Waals surface area (Å²) in [6.07, 6.45) is 5.97. The van der Waals surface area contributed by atoms with Gasteiger partial charge in [0.1, 0.15) is 0 Å². The fourth-order valence-corrected chi connectivity index (χ4v) is 4.55. The molecular formula is C15H29NO2S. The van der Waals surface area contributed by atoms with Gasteiger partial charge in [-0.15, -0.1) is 0 Å². The predicted molar refractivity (Wildman–Crippen MR) is 81.9 cm³/mol. The normalized spacial score (nSPS) is 28.4. The van der Waals surface area contributed by atoms with E-state index >= 15 is 0 Å². The molecule has 2 heterocycles. The molecule has 4 heteroatoms. The lowest BCUT2D eigenvalue weighted by Crippen LogP contribution is -2.49. The van der Waals surface area contributed by atoms with E-state index in [4.69, 9.17) is 9.47 Å². The van der Waals surface area contributed by atoms with Crippen LogP contribution in [0.1, 0.15) is 39.0 Å². The van der Waals surface area contributed by atoms with E-state index in [1.165, 1.54) is 37.2 Å². The van der Waals surface area contributed by atoms with Crippen LogP contribution < -0.4 is 5.32 Å². The molecule has 0 aromatic heterocycles. The molecule has 0 saturated carbocycles. The van der Waals surface area contributed by atoms with Gasteiger partial charge in [-0.05, 0) is 56.6 Å². The molecule has 0 amide bonds. The summed E-state index contributed by atoms with van der Waals surface area (Å²) in [4.78, 5) is 0. The highest BCUT2D eigenvalue weighted by Crippen LogP contribution is 2.40. The zero-order valence-electron chi connectivity index (χ0n) is 12.5. The molecule has 0 aromatic rings. The Morgan fingerprint density at radius 1 is 1.42 bits per heavy atom. The highest BCUT2D eigenvalue weighted by molar-refractivity contribution is 7.99. The highest BCUT2D eigenvalue weighted by Gasteiger charge is 2.40. The molecule has 3 nitrogen and oxygen atoms in total. The van der Waals surface area contributed by atoms with Gasteiger partial charge in [0.05, 0.1) is 12.2 Å². The first-order valence-electron chi connectivity index (χ1n) is 7.76. The first-order chi connectivity index (χ1) is 9.29. The lowest BCUT2D eigenvalue weighted by molar-refractivity contribution is -0.110. The third-order valence-electron chi connectivity index (χ3n) is 4.52. The van der Waals surface area contributed by atoms with Crippen molar-refractivity contribution >= 4 is 11.8 Å². The van der Waals surface area contributed by atoms with Crippen molar-refractivity contribution < 1.29 is 9.47 Å². The van der Waals surface area contributed by atoms with Gasteiger partial charge in [-0.3, -0.25) is 0 Å². The van der Waals surface area contributed by atoms with Crippen LogP contribution in [0.25, 0.3) is 0 Å². The van der Waals surface area contributed by atoms with Crippen molar-refractivity contribution in [2.24, 2.45) is 5.92 Å². The van der Waals surface area contributed by atoms with Crippen molar-refractivity contribution in [2.45, 2.75) is 50.7 Å². The van der Waals surface area contributed by atoms with Crippen LogP contribution in [-0.2, 0) is 9.47 Å². The topological polar surface area (TPSA) is 30.5 Å². The standard InChI is InChI=1S/C15H29NO2S/c1-3-7-17-12-14(16-2)13-4-8-18-15(11-13)5-9-19-10-6-15/h13-14,16H,3-12H2,1-2H3. The van der Waals surface area contributed by atoms with Gasteiger partial charge in [0.25, 0.3) is 0 Å². The van der Waals surface area contributed by atoms with Crippen LogP contribution in [0.4, 0.5) is 0 Å². The quantitative estimate of drug-likeness (QED) is 0.761. The number of rotatable bonds is 6. The lowest BCUT2D eigenvalue weighted by atomic mass is 9.79. The molecule has 0 aliphatic carbocycles. The van der Waals surface area contributed by atoms with Crippen LogP contribution in [0.3, 0.4) is 0 Å². The third-order valence-corrected chi connectivity index (χ3v) is 5.51. The molecule has 2 aliphatic heterocycles. The molecule has 0 radical (unpaired) electrons. The van der Waals surface area contributed by atoms with Crippen molar-refractivity contribution in [3.8, 4) is 0 Å². The summed E-state index contributed by atoms with van der Waals surface area (Å²) >= 11 is 2.07. The second-order valence-electron chi connectivity index (χ2n) is 5.87. The zero-order valence-corrected chi connectivity index (χ0v) is 13.3. The fourth-order valence-electron chi connectivity index (χ4n) is 3.31. The second-order valence-corrected chi connectivity index (χ2v) is 7.09. The molecule has 1 spiro atoms. The van der Waals surface area contributed by atoms with Gasteiger partial charge in [-0.2, -0.15) is 11.8 Å². The van der Waals surface area contributed by atoms with Crippen LogP contribution in [0, 0.1) is 5.92 Å².